The average Bonchev–Trinajstić information content (AvgIpc) is 2.32. The van der Waals surface area contributed by atoms with Gasteiger partial charge in [-0.25, -0.2) is 17.5 Å². The van der Waals surface area contributed by atoms with Crippen molar-refractivity contribution in [1.82, 2.24) is 4.72 Å². The molecule has 0 atom stereocenters. The number of rotatable bonds is 7. The Morgan fingerprint density at radius 1 is 1.35 bits per heavy atom. The van der Waals surface area contributed by atoms with Crippen LogP contribution in [-0.4, -0.2) is 15.0 Å². The van der Waals surface area contributed by atoms with E-state index >= 15 is 0 Å². The highest BCUT2D eigenvalue weighted by Gasteiger charge is 2.21. The van der Waals surface area contributed by atoms with Crippen LogP contribution in [0.4, 0.5) is 10.1 Å². The van der Waals surface area contributed by atoms with Gasteiger partial charge in [0.05, 0.1) is 5.02 Å². The van der Waals surface area contributed by atoms with Crippen molar-refractivity contribution in [2.45, 2.75) is 38.0 Å². The minimum Gasteiger partial charge on any atom is -0.399 e. The molecule has 114 valence electrons. The second-order valence-corrected chi connectivity index (χ2v) is 7.24. The van der Waals surface area contributed by atoms with Gasteiger partial charge in [0, 0.05) is 12.2 Å². The molecular formula is C13H20ClFN2O2S. The molecule has 3 N–H and O–H groups in total. The average molecular weight is 323 g/mol. The number of benzene rings is 1. The van der Waals surface area contributed by atoms with Crippen LogP contribution in [0.2, 0.25) is 5.02 Å². The number of hydrogen-bond donors (Lipinski definition) is 2. The first-order valence-electron chi connectivity index (χ1n) is 6.48. The highest BCUT2D eigenvalue weighted by Crippen LogP contribution is 2.25. The third-order valence-electron chi connectivity index (χ3n) is 2.81. The molecule has 0 heterocycles. The normalized spacial score (nSPS) is 12.1. The van der Waals surface area contributed by atoms with Crippen molar-refractivity contribution in [1.29, 1.82) is 0 Å². The SMILES string of the molecule is CC(C)CCCCNS(=O)(=O)c1cc(N)cc(Cl)c1F. The van der Waals surface area contributed by atoms with Gasteiger partial charge < -0.3 is 5.73 Å². The fourth-order valence-corrected chi connectivity index (χ4v) is 3.23. The Morgan fingerprint density at radius 3 is 2.60 bits per heavy atom. The third-order valence-corrected chi connectivity index (χ3v) is 4.54. The summed E-state index contributed by atoms with van der Waals surface area (Å²) in [5.74, 6) is -0.396. The van der Waals surface area contributed by atoms with Gasteiger partial charge in [0.2, 0.25) is 10.0 Å². The molecule has 0 saturated heterocycles. The lowest BCUT2D eigenvalue weighted by Crippen LogP contribution is -2.26. The molecule has 0 radical (unpaired) electrons. The quantitative estimate of drug-likeness (QED) is 0.598. The zero-order chi connectivity index (χ0) is 15.3. The van der Waals surface area contributed by atoms with Gasteiger partial charge in [0.1, 0.15) is 4.90 Å². The second-order valence-electron chi connectivity index (χ2n) is 5.10. The molecule has 4 nitrogen and oxygen atoms in total. The molecule has 1 aromatic rings. The summed E-state index contributed by atoms with van der Waals surface area (Å²) in [6.07, 6.45) is 2.65. The van der Waals surface area contributed by atoms with E-state index in [4.69, 9.17) is 17.3 Å². The van der Waals surface area contributed by atoms with Crippen LogP contribution in [0.15, 0.2) is 17.0 Å². The molecule has 0 unspecified atom stereocenters. The largest absolute Gasteiger partial charge is 0.399 e. The lowest BCUT2D eigenvalue weighted by molar-refractivity contribution is 0.527. The molecule has 0 aliphatic heterocycles. The zero-order valence-electron chi connectivity index (χ0n) is 11.6. The molecule has 1 aromatic carbocycles. The molecule has 0 fully saturated rings. The van der Waals surface area contributed by atoms with Gasteiger partial charge in [-0.05, 0) is 24.5 Å². The summed E-state index contributed by atoms with van der Waals surface area (Å²) in [4.78, 5) is -0.508. The highest BCUT2D eigenvalue weighted by molar-refractivity contribution is 7.89. The first-order valence-corrected chi connectivity index (χ1v) is 8.34. The number of sulfonamides is 1. The van der Waals surface area contributed by atoms with E-state index in [-0.39, 0.29) is 17.3 Å². The Bertz CT molecular complexity index is 562. The number of nitrogens with one attached hydrogen (secondary N) is 1. The van der Waals surface area contributed by atoms with E-state index in [0.717, 1.165) is 18.9 Å². The minimum atomic E-state index is -3.93. The Morgan fingerprint density at radius 2 is 2.00 bits per heavy atom. The van der Waals surface area contributed by atoms with Crippen molar-refractivity contribution in [3.8, 4) is 0 Å². The topological polar surface area (TPSA) is 72.2 Å². The van der Waals surface area contributed by atoms with Crippen LogP contribution in [-0.2, 0) is 10.0 Å². The Hall–Kier alpha value is -0.850. The van der Waals surface area contributed by atoms with Gasteiger partial charge in [-0.2, -0.15) is 0 Å². The third kappa shape index (κ3) is 4.92. The standard InChI is InChI=1S/C13H20ClFN2O2S/c1-9(2)5-3-4-6-17-20(18,19)12-8-10(16)7-11(14)13(12)15/h7-9,17H,3-6,16H2,1-2H3. The second kappa shape index (κ2) is 7.24. The first-order chi connectivity index (χ1) is 9.24. The van der Waals surface area contributed by atoms with Crippen LogP contribution in [0, 0.1) is 11.7 Å². The van der Waals surface area contributed by atoms with Crippen LogP contribution in [0.3, 0.4) is 0 Å². The van der Waals surface area contributed by atoms with Crippen molar-refractivity contribution < 1.29 is 12.8 Å². The zero-order valence-corrected chi connectivity index (χ0v) is 13.2. The van der Waals surface area contributed by atoms with Crippen LogP contribution in [0.25, 0.3) is 0 Å². The molecule has 0 spiro atoms. The van der Waals surface area contributed by atoms with E-state index in [0.29, 0.717) is 12.3 Å². The molecule has 0 bridgehead atoms. The predicted octanol–water partition coefficient (Wildman–Crippen LogP) is 3.17. The number of nitrogen functional groups attached to an aromatic ring is 1. The summed E-state index contributed by atoms with van der Waals surface area (Å²) in [5, 5.41) is -0.301. The summed E-state index contributed by atoms with van der Waals surface area (Å²) in [6.45, 7) is 4.48. The maximum atomic E-state index is 13.8. The van der Waals surface area contributed by atoms with E-state index in [1.54, 1.807) is 0 Å². The van der Waals surface area contributed by atoms with Crippen LogP contribution in [0.5, 0.6) is 0 Å². The number of anilines is 1. The molecule has 0 amide bonds. The van der Waals surface area contributed by atoms with E-state index in [2.05, 4.69) is 18.6 Å². The fourth-order valence-electron chi connectivity index (χ4n) is 1.74. The van der Waals surface area contributed by atoms with Crippen LogP contribution < -0.4 is 10.5 Å². The van der Waals surface area contributed by atoms with E-state index in [1.807, 2.05) is 0 Å². The van der Waals surface area contributed by atoms with E-state index in [9.17, 15) is 12.8 Å². The van der Waals surface area contributed by atoms with Crippen LogP contribution >= 0.6 is 11.6 Å². The highest BCUT2D eigenvalue weighted by atomic mass is 35.5. The molecule has 0 aliphatic carbocycles. The lowest BCUT2D eigenvalue weighted by Gasteiger charge is -2.10. The molecular weight excluding hydrogens is 303 g/mol. The lowest BCUT2D eigenvalue weighted by atomic mass is 10.1. The minimum absolute atomic E-state index is 0.108. The monoisotopic (exact) mass is 322 g/mol. The Balaban J connectivity index is 2.70. The van der Waals surface area contributed by atoms with Crippen LogP contribution in [0.1, 0.15) is 33.1 Å². The summed E-state index contributed by atoms with van der Waals surface area (Å²) in [7, 11) is -3.93. The maximum Gasteiger partial charge on any atom is 0.243 e. The molecule has 0 aliphatic rings. The molecule has 7 heteroatoms. The van der Waals surface area contributed by atoms with E-state index in [1.165, 1.54) is 6.07 Å². The van der Waals surface area contributed by atoms with Crippen molar-refractivity contribution in [3.63, 3.8) is 0 Å². The first kappa shape index (κ1) is 17.2. The number of halogens is 2. The van der Waals surface area contributed by atoms with Gasteiger partial charge in [-0.15, -0.1) is 0 Å². The molecule has 0 saturated carbocycles. The maximum absolute atomic E-state index is 13.8. The van der Waals surface area contributed by atoms with Gasteiger partial charge in [0.15, 0.2) is 5.82 Å². The number of hydrogen-bond acceptors (Lipinski definition) is 3. The Labute approximate surface area is 124 Å². The Kier molecular flexibility index (Phi) is 6.23. The fraction of sp³-hybridized carbons (Fsp3) is 0.538. The van der Waals surface area contributed by atoms with Crippen molar-refractivity contribution >= 4 is 27.3 Å². The van der Waals surface area contributed by atoms with E-state index < -0.39 is 20.7 Å². The molecule has 0 aromatic heterocycles. The van der Waals surface area contributed by atoms with Gasteiger partial charge in [0.25, 0.3) is 0 Å². The number of unbranched alkanes of at least 4 members (excludes halogenated alkanes) is 1. The summed E-state index contributed by atoms with van der Waals surface area (Å²) < 4.78 is 40.1. The van der Waals surface area contributed by atoms with Crippen molar-refractivity contribution in [2.24, 2.45) is 5.92 Å². The summed E-state index contributed by atoms with van der Waals surface area (Å²) >= 11 is 5.60. The van der Waals surface area contributed by atoms with Gasteiger partial charge in [-0.3, -0.25) is 0 Å². The van der Waals surface area contributed by atoms with Crippen molar-refractivity contribution in [2.75, 3.05) is 12.3 Å². The number of nitrogens with two attached hydrogens (primary N) is 1. The van der Waals surface area contributed by atoms with Crippen molar-refractivity contribution in [3.05, 3.63) is 23.0 Å². The molecule has 20 heavy (non-hydrogen) atoms. The smallest absolute Gasteiger partial charge is 0.243 e. The van der Waals surface area contributed by atoms with Gasteiger partial charge >= 0.3 is 0 Å². The molecule has 1 rings (SSSR count). The summed E-state index contributed by atoms with van der Waals surface area (Å²) in [5.41, 5.74) is 5.60. The summed E-state index contributed by atoms with van der Waals surface area (Å²) in [6, 6.07) is 2.25. The van der Waals surface area contributed by atoms with Gasteiger partial charge in [-0.1, -0.05) is 38.3 Å². The predicted molar refractivity (Wildman–Crippen MR) is 79.7 cm³/mol.